The van der Waals surface area contributed by atoms with Crippen LogP contribution in [0, 0.1) is 0 Å². The highest BCUT2D eigenvalue weighted by Gasteiger charge is 2.35. The van der Waals surface area contributed by atoms with Crippen molar-refractivity contribution < 1.29 is 27.5 Å². The number of ether oxygens (including phenoxy) is 1. The highest BCUT2D eigenvalue weighted by atomic mass is 35.5. The highest BCUT2D eigenvalue weighted by Crippen LogP contribution is 2.31. The molecule has 2 aliphatic rings. The molecule has 2 aliphatic heterocycles. The maximum absolute atomic E-state index is 13.0. The van der Waals surface area contributed by atoms with Crippen LogP contribution in [-0.4, -0.2) is 92.9 Å². The number of fused-ring (bicyclic) bond motifs is 1. The van der Waals surface area contributed by atoms with E-state index in [1.54, 1.807) is 41.0 Å². The van der Waals surface area contributed by atoms with E-state index in [0.29, 0.717) is 50.6 Å². The molecule has 10 nitrogen and oxygen atoms in total. The third-order valence-corrected chi connectivity index (χ3v) is 9.32. The van der Waals surface area contributed by atoms with Crippen molar-refractivity contribution in [2.24, 2.45) is 0 Å². The number of carbonyl (C=O) groups excluding carboxylic acids is 3. The van der Waals surface area contributed by atoms with Crippen molar-refractivity contribution in [3.8, 4) is 0 Å². The van der Waals surface area contributed by atoms with Gasteiger partial charge in [-0.3, -0.25) is 9.59 Å². The van der Waals surface area contributed by atoms with Crippen LogP contribution < -0.4 is 4.72 Å². The molecule has 0 saturated carbocycles. The first-order chi connectivity index (χ1) is 16.7. The predicted molar refractivity (Wildman–Crippen MR) is 132 cm³/mol. The van der Waals surface area contributed by atoms with E-state index in [1.165, 1.54) is 4.90 Å². The van der Waals surface area contributed by atoms with Gasteiger partial charge in [-0.15, -0.1) is 11.3 Å². The van der Waals surface area contributed by atoms with Gasteiger partial charge in [0.15, 0.2) is 0 Å². The second-order valence-corrected chi connectivity index (χ2v) is 11.9. The van der Waals surface area contributed by atoms with Gasteiger partial charge >= 0.3 is 6.09 Å². The average molecular weight is 543 g/mol. The van der Waals surface area contributed by atoms with E-state index in [1.807, 2.05) is 0 Å². The molecule has 190 valence electrons. The molecule has 35 heavy (non-hydrogen) atoms. The molecule has 0 unspecified atom stereocenters. The Kier molecular flexibility index (Phi) is 7.84. The van der Waals surface area contributed by atoms with Crippen molar-refractivity contribution >= 4 is 61.0 Å². The number of rotatable bonds is 6. The monoisotopic (exact) mass is 542 g/mol. The van der Waals surface area contributed by atoms with E-state index in [9.17, 15) is 22.8 Å². The number of likely N-dealkylation sites (tertiary alicyclic amines) is 1. The van der Waals surface area contributed by atoms with Gasteiger partial charge < -0.3 is 19.4 Å². The standard InChI is InChI=1S/C22H27ClN4O6S2/c1-2-33-22(30)26-10-8-25(9-11-26)19(28)14-27-7-3-4-17(21(27)29)24-35(31,32)20-12-15-5-6-16(23)13-18(15)34-20/h5-6,12-13,17,24H,2-4,7-11,14H2,1H3/t17-/m0/s1. The first-order valence-corrected chi connectivity index (χ1v) is 14.1. The summed E-state index contributed by atoms with van der Waals surface area (Å²) in [6.07, 6.45) is 0.533. The van der Waals surface area contributed by atoms with Gasteiger partial charge in [0, 0.05) is 42.4 Å². The first kappa shape index (κ1) is 25.7. The minimum absolute atomic E-state index is 0.107. The smallest absolute Gasteiger partial charge is 0.409 e. The summed E-state index contributed by atoms with van der Waals surface area (Å²) >= 11 is 7.09. The zero-order valence-corrected chi connectivity index (χ0v) is 21.6. The van der Waals surface area contributed by atoms with Gasteiger partial charge in [-0.2, -0.15) is 4.72 Å². The molecule has 2 aromatic rings. The lowest BCUT2D eigenvalue weighted by Crippen LogP contribution is -2.56. The molecule has 3 amide bonds. The minimum atomic E-state index is -3.93. The number of hydrogen-bond acceptors (Lipinski definition) is 7. The van der Waals surface area contributed by atoms with Crippen LogP contribution in [-0.2, 0) is 24.3 Å². The second-order valence-electron chi connectivity index (χ2n) is 8.39. The van der Waals surface area contributed by atoms with E-state index in [4.69, 9.17) is 16.3 Å². The van der Waals surface area contributed by atoms with Gasteiger partial charge in [0.1, 0.15) is 10.3 Å². The summed E-state index contributed by atoms with van der Waals surface area (Å²) in [4.78, 5) is 42.2. The van der Waals surface area contributed by atoms with Crippen LogP contribution in [0.4, 0.5) is 4.79 Å². The number of halogens is 1. The summed E-state index contributed by atoms with van der Waals surface area (Å²) in [7, 11) is -3.93. The van der Waals surface area contributed by atoms with Crippen LogP contribution >= 0.6 is 22.9 Å². The number of nitrogens with one attached hydrogen (secondary N) is 1. The summed E-state index contributed by atoms with van der Waals surface area (Å²) in [5.74, 6) is -0.644. The van der Waals surface area contributed by atoms with Crippen LogP contribution in [0.15, 0.2) is 28.5 Å². The van der Waals surface area contributed by atoms with Crippen molar-refractivity contribution in [1.82, 2.24) is 19.4 Å². The number of benzene rings is 1. The molecule has 0 spiro atoms. The Labute approximate surface area is 212 Å². The van der Waals surface area contributed by atoms with E-state index in [-0.39, 0.29) is 23.3 Å². The Morgan fingerprint density at radius 3 is 2.57 bits per heavy atom. The van der Waals surface area contributed by atoms with Crippen LogP contribution in [0.3, 0.4) is 0 Å². The number of nitrogens with zero attached hydrogens (tertiary/aromatic N) is 3. The Balaban J connectivity index is 1.36. The van der Waals surface area contributed by atoms with Gasteiger partial charge in [0.05, 0.1) is 13.2 Å². The summed E-state index contributed by atoms with van der Waals surface area (Å²) in [5, 5.41) is 1.27. The van der Waals surface area contributed by atoms with Crippen molar-refractivity contribution in [1.29, 1.82) is 0 Å². The molecule has 1 atom stereocenters. The highest BCUT2D eigenvalue weighted by molar-refractivity contribution is 7.91. The quantitative estimate of drug-likeness (QED) is 0.597. The van der Waals surface area contributed by atoms with Gasteiger partial charge in [-0.1, -0.05) is 17.7 Å². The van der Waals surface area contributed by atoms with Gasteiger partial charge in [0.25, 0.3) is 10.0 Å². The van der Waals surface area contributed by atoms with Crippen LogP contribution in [0.25, 0.3) is 10.1 Å². The van der Waals surface area contributed by atoms with Crippen molar-refractivity contribution in [3.05, 3.63) is 29.3 Å². The molecular weight excluding hydrogens is 516 g/mol. The number of hydrogen-bond donors (Lipinski definition) is 1. The molecule has 2 saturated heterocycles. The Bertz CT molecular complexity index is 1230. The third-order valence-electron chi connectivity index (χ3n) is 6.04. The zero-order chi connectivity index (χ0) is 25.2. The van der Waals surface area contributed by atoms with Gasteiger partial charge in [0.2, 0.25) is 11.8 Å². The number of thiophene rings is 1. The lowest BCUT2D eigenvalue weighted by Gasteiger charge is -2.37. The van der Waals surface area contributed by atoms with Crippen molar-refractivity contribution in [3.63, 3.8) is 0 Å². The molecule has 2 fully saturated rings. The van der Waals surface area contributed by atoms with E-state index in [2.05, 4.69) is 4.72 Å². The fourth-order valence-corrected chi connectivity index (χ4v) is 7.10. The number of piperazine rings is 1. The van der Waals surface area contributed by atoms with Crippen molar-refractivity contribution in [2.45, 2.75) is 30.0 Å². The molecule has 0 bridgehead atoms. The maximum atomic E-state index is 13.0. The van der Waals surface area contributed by atoms with Crippen LogP contribution in [0.5, 0.6) is 0 Å². The average Bonchev–Trinajstić information content (AvgIpc) is 3.26. The normalized spacial score (nSPS) is 19.3. The molecule has 3 heterocycles. The topological polar surface area (TPSA) is 116 Å². The number of piperidine rings is 1. The summed E-state index contributed by atoms with van der Waals surface area (Å²) < 4.78 is 34.3. The lowest BCUT2D eigenvalue weighted by atomic mass is 10.1. The minimum Gasteiger partial charge on any atom is -0.450 e. The van der Waals surface area contributed by atoms with Gasteiger partial charge in [-0.25, -0.2) is 13.2 Å². The summed E-state index contributed by atoms with van der Waals surface area (Å²) in [5.41, 5.74) is 0. The number of carbonyl (C=O) groups is 3. The number of sulfonamides is 1. The molecule has 4 rings (SSSR count). The van der Waals surface area contributed by atoms with Crippen LogP contribution in [0.2, 0.25) is 5.02 Å². The Morgan fingerprint density at radius 1 is 1.14 bits per heavy atom. The predicted octanol–water partition coefficient (Wildman–Crippen LogP) is 2.12. The van der Waals surface area contributed by atoms with E-state index >= 15 is 0 Å². The first-order valence-electron chi connectivity index (χ1n) is 11.4. The maximum Gasteiger partial charge on any atom is 0.409 e. The molecule has 0 radical (unpaired) electrons. The lowest BCUT2D eigenvalue weighted by molar-refractivity contribution is -0.143. The third kappa shape index (κ3) is 5.88. The van der Waals surface area contributed by atoms with Gasteiger partial charge in [-0.05, 0) is 43.4 Å². The SMILES string of the molecule is CCOC(=O)N1CCN(C(=O)CN2CCC[C@H](NS(=O)(=O)c3cc4ccc(Cl)cc4s3)C2=O)CC1. The zero-order valence-electron chi connectivity index (χ0n) is 19.2. The van der Waals surface area contributed by atoms with E-state index < -0.39 is 28.1 Å². The molecule has 13 heteroatoms. The van der Waals surface area contributed by atoms with Crippen LogP contribution in [0.1, 0.15) is 19.8 Å². The molecule has 0 aliphatic carbocycles. The Morgan fingerprint density at radius 2 is 1.86 bits per heavy atom. The molecule has 1 N–H and O–H groups in total. The van der Waals surface area contributed by atoms with Crippen molar-refractivity contribution in [2.75, 3.05) is 45.9 Å². The fraction of sp³-hybridized carbons (Fsp3) is 0.500. The molecule has 1 aromatic heterocycles. The van der Waals surface area contributed by atoms with E-state index in [0.717, 1.165) is 21.4 Å². The summed E-state index contributed by atoms with van der Waals surface area (Å²) in [6.45, 7) is 3.71. The fourth-order valence-electron chi connectivity index (χ4n) is 4.18. The largest absolute Gasteiger partial charge is 0.450 e. The molecule has 1 aromatic carbocycles. The summed E-state index contributed by atoms with van der Waals surface area (Å²) in [6, 6.07) is 5.77. The number of amides is 3. The Hall–Kier alpha value is -2.41. The molecular formula is C22H27ClN4O6S2. The second kappa shape index (κ2) is 10.7.